The number of hydrogen-bond acceptors (Lipinski definition) is 8. The molecule has 14 heteroatoms. The lowest BCUT2D eigenvalue weighted by molar-refractivity contribution is -0.143. The molecule has 1 aromatic heterocycles. The van der Waals surface area contributed by atoms with E-state index in [4.69, 9.17) is 21.1 Å². The zero-order valence-corrected chi connectivity index (χ0v) is 17.6. The Labute approximate surface area is 183 Å². The fourth-order valence-corrected chi connectivity index (χ4v) is 2.62. The first-order valence-corrected chi connectivity index (χ1v) is 9.65. The first kappa shape index (κ1) is 26.5. The lowest BCUT2D eigenvalue weighted by Crippen LogP contribution is -2.59. The molecule has 32 heavy (non-hydrogen) atoms. The Morgan fingerprint density at radius 2 is 1.66 bits per heavy atom. The second-order valence-corrected chi connectivity index (χ2v) is 7.36. The van der Waals surface area contributed by atoms with Crippen LogP contribution in [-0.4, -0.2) is 85.7 Å². The number of hydrogen-bond donors (Lipinski definition) is 8. The van der Waals surface area contributed by atoms with Crippen LogP contribution in [0.4, 0.5) is 0 Å². The highest BCUT2D eigenvalue weighted by atomic mass is 16.4. The highest BCUT2D eigenvalue weighted by Gasteiger charge is 2.32. The van der Waals surface area contributed by atoms with Crippen LogP contribution in [0.2, 0.25) is 0 Å². The van der Waals surface area contributed by atoms with E-state index in [-0.39, 0.29) is 6.42 Å². The predicted molar refractivity (Wildman–Crippen MR) is 108 cm³/mol. The highest BCUT2D eigenvalue weighted by Crippen LogP contribution is 2.06. The van der Waals surface area contributed by atoms with Crippen molar-refractivity contribution in [3.05, 3.63) is 18.2 Å². The van der Waals surface area contributed by atoms with Crippen LogP contribution in [0.15, 0.2) is 12.5 Å². The molecule has 1 rings (SSSR count). The summed E-state index contributed by atoms with van der Waals surface area (Å²) in [5.41, 5.74) is 6.01. The van der Waals surface area contributed by atoms with E-state index in [2.05, 4.69) is 25.9 Å². The fourth-order valence-electron chi connectivity index (χ4n) is 2.62. The number of nitrogens with one attached hydrogen (secondary N) is 4. The number of carboxylic acid groups (broad SMARTS) is 2. The number of rotatable bonds is 13. The van der Waals surface area contributed by atoms with Crippen molar-refractivity contribution in [3.63, 3.8) is 0 Å². The van der Waals surface area contributed by atoms with Crippen molar-refractivity contribution >= 4 is 29.7 Å². The van der Waals surface area contributed by atoms with Crippen molar-refractivity contribution < 1.29 is 39.3 Å². The Bertz CT molecular complexity index is 812. The molecule has 1 heterocycles. The van der Waals surface area contributed by atoms with E-state index >= 15 is 0 Å². The maximum atomic E-state index is 12.9. The standard InChI is InChI=1S/C18H28N6O8/c1-8(2)14(17(30)23-12(6-25)18(31)32)24-16(29)11(3-9-5-20-7-21-9)22-15(28)10(19)4-13(26)27/h5,7-8,10-12,14,25H,3-4,6,19H2,1-2H3,(H,20,21)(H,22,28)(H,23,30)(H,24,29)(H,26,27)(H,31,32). The Kier molecular flexibility index (Phi) is 10.2. The fraction of sp³-hybridized carbons (Fsp3) is 0.556. The van der Waals surface area contributed by atoms with Crippen LogP contribution >= 0.6 is 0 Å². The zero-order chi connectivity index (χ0) is 24.4. The third-order valence-corrected chi connectivity index (χ3v) is 4.39. The number of aromatic amines is 1. The molecular weight excluding hydrogens is 428 g/mol. The van der Waals surface area contributed by atoms with Gasteiger partial charge in [0.15, 0.2) is 0 Å². The Balaban J connectivity index is 2.99. The van der Waals surface area contributed by atoms with Gasteiger partial charge in [-0.2, -0.15) is 0 Å². The normalized spacial score (nSPS) is 14.7. The van der Waals surface area contributed by atoms with Gasteiger partial charge in [-0.3, -0.25) is 19.2 Å². The average molecular weight is 456 g/mol. The van der Waals surface area contributed by atoms with Crippen LogP contribution in [0.1, 0.15) is 26.0 Å². The van der Waals surface area contributed by atoms with Crippen LogP contribution in [0.5, 0.6) is 0 Å². The van der Waals surface area contributed by atoms with Gasteiger partial charge in [0.2, 0.25) is 17.7 Å². The van der Waals surface area contributed by atoms with Crippen molar-refractivity contribution in [1.29, 1.82) is 0 Å². The number of H-pyrrole nitrogens is 1. The second kappa shape index (κ2) is 12.4. The Hall–Kier alpha value is -3.52. The van der Waals surface area contributed by atoms with E-state index in [1.807, 2.05) is 0 Å². The summed E-state index contributed by atoms with van der Waals surface area (Å²) in [6.45, 7) is 2.36. The molecule has 0 fully saturated rings. The smallest absolute Gasteiger partial charge is 0.328 e. The molecule has 0 saturated heterocycles. The zero-order valence-electron chi connectivity index (χ0n) is 17.6. The average Bonchev–Trinajstić information content (AvgIpc) is 3.21. The lowest BCUT2D eigenvalue weighted by atomic mass is 10.0. The largest absolute Gasteiger partial charge is 0.481 e. The molecule has 0 aromatic carbocycles. The molecule has 4 atom stereocenters. The quantitative estimate of drug-likeness (QED) is 0.149. The van der Waals surface area contributed by atoms with Crippen LogP contribution in [0, 0.1) is 5.92 Å². The minimum absolute atomic E-state index is 0.0712. The third-order valence-electron chi connectivity index (χ3n) is 4.39. The van der Waals surface area contributed by atoms with Crippen molar-refractivity contribution in [2.75, 3.05) is 6.61 Å². The third kappa shape index (κ3) is 8.31. The molecule has 0 bridgehead atoms. The maximum Gasteiger partial charge on any atom is 0.328 e. The predicted octanol–water partition coefficient (Wildman–Crippen LogP) is -3.06. The number of imidazole rings is 1. The topological polar surface area (TPSA) is 237 Å². The molecule has 178 valence electrons. The van der Waals surface area contributed by atoms with Gasteiger partial charge >= 0.3 is 11.9 Å². The summed E-state index contributed by atoms with van der Waals surface area (Å²) in [7, 11) is 0. The minimum atomic E-state index is -1.56. The van der Waals surface area contributed by atoms with Crippen LogP contribution in [0.3, 0.4) is 0 Å². The number of carbonyl (C=O) groups is 5. The molecule has 0 radical (unpaired) electrons. The number of carboxylic acids is 2. The van der Waals surface area contributed by atoms with Gasteiger partial charge in [-0.05, 0) is 5.92 Å². The summed E-state index contributed by atoms with van der Waals surface area (Å²) in [5.74, 6) is -5.75. The number of nitrogens with two attached hydrogens (primary N) is 1. The molecule has 9 N–H and O–H groups in total. The van der Waals surface area contributed by atoms with Crippen LogP contribution in [0.25, 0.3) is 0 Å². The van der Waals surface area contributed by atoms with Gasteiger partial charge < -0.3 is 42.0 Å². The molecule has 3 amide bonds. The Morgan fingerprint density at radius 3 is 2.12 bits per heavy atom. The molecule has 0 aliphatic rings. The van der Waals surface area contributed by atoms with Gasteiger partial charge in [0, 0.05) is 18.3 Å². The number of amides is 3. The first-order valence-electron chi connectivity index (χ1n) is 9.65. The number of carbonyl (C=O) groups excluding carboxylic acids is 3. The van der Waals surface area contributed by atoms with Gasteiger partial charge in [0.1, 0.15) is 18.1 Å². The summed E-state index contributed by atoms with van der Waals surface area (Å²) >= 11 is 0. The monoisotopic (exact) mass is 456 g/mol. The summed E-state index contributed by atoms with van der Waals surface area (Å²) in [4.78, 5) is 66.1. The lowest BCUT2D eigenvalue weighted by Gasteiger charge is -2.26. The maximum absolute atomic E-state index is 12.9. The van der Waals surface area contributed by atoms with Gasteiger partial charge in [-0.15, -0.1) is 0 Å². The molecular formula is C18H28N6O8. The number of aliphatic hydroxyl groups is 1. The van der Waals surface area contributed by atoms with Gasteiger partial charge in [0.05, 0.1) is 25.4 Å². The van der Waals surface area contributed by atoms with Crippen LogP contribution < -0.4 is 21.7 Å². The van der Waals surface area contributed by atoms with E-state index in [0.29, 0.717) is 5.69 Å². The van der Waals surface area contributed by atoms with E-state index in [1.54, 1.807) is 13.8 Å². The summed E-state index contributed by atoms with van der Waals surface area (Å²) in [6.07, 6.45) is 2.04. The van der Waals surface area contributed by atoms with Crippen molar-refractivity contribution in [2.45, 2.75) is 50.9 Å². The van der Waals surface area contributed by atoms with Crippen molar-refractivity contribution in [1.82, 2.24) is 25.9 Å². The number of nitrogens with zero attached hydrogens (tertiary/aromatic N) is 1. The summed E-state index contributed by atoms with van der Waals surface area (Å²) in [5, 5.41) is 33.8. The van der Waals surface area contributed by atoms with Crippen molar-refractivity contribution in [3.8, 4) is 0 Å². The van der Waals surface area contributed by atoms with E-state index in [9.17, 15) is 24.0 Å². The minimum Gasteiger partial charge on any atom is -0.481 e. The molecule has 0 spiro atoms. The second-order valence-electron chi connectivity index (χ2n) is 7.36. The van der Waals surface area contributed by atoms with Gasteiger partial charge in [-0.25, -0.2) is 9.78 Å². The molecule has 0 aliphatic carbocycles. The SMILES string of the molecule is CC(C)C(NC(=O)C(Cc1cnc[nH]1)NC(=O)C(N)CC(=O)O)C(=O)NC(CO)C(=O)O. The van der Waals surface area contributed by atoms with Crippen LogP contribution in [-0.2, 0) is 30.4 Å². The molecule has 0 aliphatic heterocycles. The number of aliphatic hydroxyl groups excluding tert-OH is 1. The van der Waals surface area contributed by atoms with Crippen molar-refractivity contribution in [2.24, 2.45) is 11.7 Å². The summed E-state index contributed by atoms with van der Waals surface area (Å²) in [6, 6.07) is -5.40. The summed E-state index contributed by atoms with van der Waals surface area (Å²) < 4.78 is 0. The number of aromatic nitrogens is 2. The van der Waals surface area contributed by atoms with Gasteiger partial charge in [0.25, 0.3) is 0 Å². The van der Waals surface area contributed by atoms with Gasteiger partial charge in [-0.1, -0.05) is 13.8 Å². The molecule has 4 unspecified atom stereocenters. The van der Waals surface area contributed by atoms with E-state index in [0.717, 1.165) is 0 Å². The molecule has 1 aromatic rings. The molecule has 0 saturated carbocycles. The first-order chi connectivity index (χ1) is 15.0. The highest BCUT2D eigenvalue weighted by molar-refractivity contribution is 5.95. The Morgan fingerprint density at radius 1 is 1.03 bits per heavy atom. The number of aliphatic carboxylic acids is 2. The molecule has 14 nitrogen and oxygen atoms in total. The van der Waals surface area contributed by atoms with E-state index in [1.165, 1.54) is 12.5 Å². The van der Waals surface area contributed by atoms with E-state index < -0.39 is 72.8 Å².